The summed E-state index contributed by atoms with van der Waals surface area (Å²) in [5.41, 5.74) is 3.10. The second-order valence-electron chi connectivity index (χ2n) is 6.35. The number of amides is 1. The number of ether oxygens (including phenoxy) is 2. The minimum atomic E-state index is -0.151. The molecule has 2 heterocycles. The Morgan fingerprint density at radius 3 is 2.89 bits per heavy atom. The summed E-state index contributed by atoms with van der Waals surface area (Å²) in [5.74, 6) is 1.02. The van der Waals surface area contributed by atoms with Crippen molar-refractivity contribution in [2.45, 2.75) is 19.9 Å². The molecule has 7 heteroatoms. The number of likely N-dealkylation sites (N-methyl/N-ethyl adjacent to an activating group) is 1. The van der Waals surface area contributed by atoms with Crippen LogP contribution >= 0.6 is 0 Å². The van der Waals surface area contributed by atoms with Gasteiger partial charge in [-0.3, -0.25) is 4.79 Å². The minimum Gasteiger partial charge on any atom is -0.493 e. The molecule has 0 aliphatic rings. The van der Waals surface area contributed by atoms with Crippen LogP contribution in [0.2, 0.25) is 0 Å². The fourth-order valence-electron chi connectivity index (χ4n) is 2.89. The molecule has 7 nitrogen and oxygen atoms in total. The zero-order valence-corrected chi connectivity index (χ0v) is 16.3. The molecular weight excluding hydrogens is 356 g/mol. The number of fused-ring (bicyclic) bond motifs is 1. The van der Waals surface area contributed by atoms with Crippen LogP contribution in [0.4, 0.5) is 0 Å². The molecule has 0 saturated carbocycles. The zero-order valence-electron chi connectivity index (χ0n) is 16.3. The first kappa shape index (κ1) is 19.7. The van der Waals surface area contributed by atoms with Crippen LogP contribution in [-0.4, -0.2) is 42.1 Å². The molecular formula is C21H26N4O3. The van der Waals surface area contributed by atoms with Gasteiger partial charge in [0.1, 0.15) is 5.65 Å². The fraction of sp³-hybridized carbons (Fsp3) is 0.333. The van der Waals surface area contributed by atoms with E-state index in [4.69, 9.17) is 9.47 Å². The second kappa shape index (κ2) is 9.75. The molecule has 0 saturated heterocycles. The number of nitrogens with one attached hydrogen (secondary N) is 2. The van der Waals surface area contributed by atoms with Crippen LogP contribution in [0.5, 0.6) is 11.5 Å². The molecule has 148 valence electrons. The number of benzene rings is 1. The summed E-state index contributed by atoms with van der Waals surface area (Å²) < 4.78 is 13.0. The Labute approximate surface area is 164 Å². The van der Waals surface area contributed by atoms with Crippen molar-refractivity contribution in [1.82, 2.24) is 20.0 Å². The highest BCUT2D eigenvalue weighted by molar-refractivity contribution is 5.77. The summed E-state index contributed by atoms with van der Waals surface area (Å²) in [6, 6.07) is 11.7. The molecule has 0 fully saturated rings. The molecule has 0 bridgehead atoms. The Hall–Kier alpha value is -3.06. The Kier molecular flexibility index (Phi) is 6.86. The maximum Gasteiger partial charge on any atom is 0.257 e. The van der Waals surface area contributed by atoms with Crippen molar-refractivity contribution < 1.29 is 14.3 Å². The molecule has 0 aliphatic carbocycles. The van der Waals surface area contributed by atoms with Gasteiger partial charge in [0, 0.05) is 38.4 Å². The number of hydrogen-bond acceptors (Lipinski definition) is 5. The van der Waals surface area contributed by atoms with E-state index in [-0.39, 0.29) is 12.5 Å². The van der Waals surface area contributed by atoms with E-state index in [1.165, 1.54) is 0 Å². The number of methoxy groups -OCH3 is 1. The van der Waals surface area contributed by atoms with E-state index < -0.39 is 0 Å². The van der Waals surface area contributed by atoms with E-state index in [0.717, 1.165) is 29.9 Å². The molecule has 0 spiro atoms. The Bertz CT molecular complexity index is 890. The predicted molar refractivity (Wildman–Crippen MR) is 108 cm³/mol. The monoisotopic (exact) mass is 382 g/mol. The lowest BCUT2D eigenvalue weighted by atomic mass is 10.2. The molecule has 0 aliphatic heterocycles. The van der Waals surface area contributed by atoms with Gasteiger partial charge in [0.15, 0.2) is 18.1 Å². The lowest BCUT2D eigenvalue weighted by molar-refractivity contribution is -0.123. The van der Waals surface area contributed by atoms with Crippen molar-refractivity contribution in [3.8, 4) is 11.5 Å². The summed E-state index contributed by atoms with van der Waals surface area (Å²) in [6.45, 7) is 3.96. The van der Waals surface area contributed by atoms with Crippen molar-refractivity contribution >= 4 is 11.6 Å². The van der Waals surface area contributed by atoms with Gasteiger partial charge < -0.3 is 24.5 Å². The van der Waals surface area contributed by atoms with Gasteiger partial charge in [-0.2, -0.15) is 0 Å². The van der Waals surface area contributed by atoms with Crippen LogP contribution in [0.15, 0.2) is 48.8 Å². The van der Waals surface area contributed by atoms with Crippen molar-refractivity contribution in [3.63, 3.8) is 0 Å². The summed E-state index contributed by atoms with van der Waals surface area (Å²) in [5, 5.41) is 6.12. The highest BCUT2D eigenvalue weighted by Gasteiger charge is 2.08. The molecule has 3 aromatic rings. The molecule has 28 heavy (non-hydrogen) atoms. The number of imidazole rings is 1. The lowest BCUT2D eigenvalue weighted by Gasteiger charge is -2.12. The van der Waals surface area contributed by atoms with E-state index >= 15 is 0 Å². The van der Waals surface area contributed by atoms with E-state index in [1.807, 2.05) is 53.9 Å². The largest absolute Gasteiger partial charge is 0.493 e. The SMILES string of the molecule is CCNC(=O)COc1ccc(CNCCc2cn3ccccc3n2)cc1OC. The van der Waals surface area contributed by atoms with Crippen molar-refractivity contribution in [2.24, 2.45) is 0 Å². The zero-order chi connectivity index (χ0) is 19.8. The van der Waals surface area contributed by atoms with Gasteiger partial charge in [-0.25, -0.2) is 4.98 Å². The highest BCUT2D eigenvalue weighted by atomic mass is 16.5. The molecule has 1 aromatic carbocycles. The third-order valence-corrected chi connectivity index (χ3v) is 4.26. The Morgan fingerprint density at radius 1 is 1.21 bits per heavy atom. The Morgan fingerprint density at radius 2 is 2.11 bits per heavy atom. The van der Waals surface area contributed by atoms with Crippen LogP contribution in [0, 0.1) is 0 Å². The molecule has 2 N–H and O–H groups in total. The Balaban J connectivity index is 1.49. The number of pyridine rings is 1. The van der Waals surface area contributed by atoms with E-state index in [1.54, 1.807) is 7.11 Å². The van der Waals surface area contributed by atoms with Gasteiger partial charge in [-0.1, -0.05) is 12.1 Å². The predicted octanol–water partition coefficient (Wildman–Crippen LogP) is 2.19. The van der Waals surface area contributed by atoms with Crippen LogP contribution < -0.4 is 20.1 Å². The van der Waals surface area contributed by atoms with Gasteiger partial charge >= 0.3 is 0 Å². The summed E-state index contributed by atoms with van der Waals surface area (Å²) in [7, 11) is 1.59. The van der Waals surface area contributed by atoms with Crippen LogP contribution in [0.1, 0.15) is 18.2 Å². The fourth-order valence-corrected chi connectivity index (χ4v) is 2.89. The molecule has 0 radical (unpaired) electrons. The number of rotatable bonds is 10. The first-order valence-corrected chi connectivity index (χ1v) is 9.39. The van der Waals surface area contributed by atoms with E-state index in [0.29, 0.717) is 24.6 Å². The molecule has 0 atom stereocenters. The number of hydrogen-bond donors (Lipinski definition) is 2. The normalized spacial score (nSPS) is 10.8. The number of carbonyl (C=O) groups is 1. The maximum absolute atomic E-state index is 11.5. The van der Waals surface area contributed by atoms with Crippen LogP contribution in [0.3, 0.4) is 0 Å². The molecule has 2 aromatic heterocycles. The van der Waals surface area contributed by atoms with Crippen molar-refractivity contribution in [1.29, 1.82) is 0 Å². The van der Waals surface area contributed by atoms with Gasteiger partial charge in [0.05, 0.1) is 12.8 Å². The summed E-state index contributed by atoms with van der Waals surface area (Å²) in [4.78, 5) is 16.1. The topological polar surface area (TPSA) is 76.9 Å². The highest BCUT2D eigenvalue weighted by Crippen LogP contribution is 2.28. The maximum atomic E-state index is 11.5. The van der Waals surface area contributed by atoms with E-state index in [2.05, 4.69) is 21.8 Å². The van der Waals surface area contributed by atoms with Gasteiger partial charge in [-0.05, 0) is 36.8 Å². The average Bonchev–Trinajstić information content (AvgIpc) is 3.13. The van der Waals surface area contributed by atoms with E-state index in [9.17, 15) is 4.79 Å². The second-order valence-corrected chi connectivity index (χ2v) is 6.35. The van der Waals surface area contributed by atoms with Crippen molar-refractivity contribution in [2.75, 3.05) is 26.8 Å². The first-order chi connectivity index (χ1) is 13.7. The number of carbonyl (C=O) groups excluding carboxylic acids is 1. The number of nitrogens with zero attached hydrogens (tertiary/aromatic N) is 2. The lowest BCUT2D eigenvalue weighted by Crippen LogP contribution is -2.28. The molecule has 3 rings (SSSR count). The molecule has 0 unspecified atom stereocenters. The summed E-state index contributed by atoms with van der Waals surface area (Å²) in [6.07, 6.45) is 4.91. The third kappa shape index (κ3) is 5.23. The van der Waals surface area contributed by atoms with Gasteiger partial charge in [0.25, 0.3) is 5.91 Å². The standard InChI is InChI=1S/C21H26N4O3/c1-3-23-21(26)15-28-18-8-7-16(12-19(18)27-2)13-22-10-9-17-14-25-11-5-4-6-20(25)24-17/h4-8,11-12,14,22H,3,9-10,13,15H2,1-2H3,(H,23,26). The van der Waals surface area contributed by atoms with Crippen molar-refractivity contribution in [3.05, 3.63) is 60.0 Å². The average molecular weight is 382 g/mol. The molecule has 1 amide bonds. The van der Waals surface area contributed by atoms with Crippen LogP contribution in [0.25, 0.3) is 5.65 Å². The van der Waals surface area contributed by atoms with Gasteiger partial charge in [-0.15, -0.1) is 0 Å². The van der Waals surface area contributed by atoms with Gasteiger partial charge in [0.2, 0.25) is 0 Å². The summed E-state index contributed by atoms with van der Waals surface area (Å²) >= 11 is 0. The minimum absolute atomic E-state index is 0.0270. The quantitative estimate of drug-likeness (QED) is 0.526. The first-order valence-electron chi connectivity index (χ1n) is 9.39. The number of aromatic nitrogens is 2. The van der Waals surface area contributed by atoms with Crippen LogP contribution in [-0.2, 0) is 17.8 Å². The smallest absolute Gasteiger partial charge is 0.257 e. The third-order valence-electron chi connectivity index (χ3n) is 4.26.